The molecule has 1 rings (SSSR count). The van der Waals surface area contributed by atoms with E-state index in [4.69, 9.17) is 17.3 Å². The molecule has 0 aromatic heterocycles. The SMILES string of the molecule is CCC(N)CSCc1cc(F)ccc1Cl. The summed E-state index contributed by atoms with van der Waals surface area (Å²) < 4.78 is 12.9. The fraction of sp³-hybridized carbons (Fsp3) is 0.455. The van der Waals surface area contributed by atoms with E-state index in [0.717, 1.165) is 17.7 Å². The van der Waals surface area contributed by atoms with Gasteiger partial charge >= 0.3 is 0 Å². The lowest BCUT2D eigenvalue weighted by atomic mass is 10.2. The van der Waals surface area contributed by atoms with Crippen LogP contribution < -0.4 is 5.73 Å². The van der Waals surface area contributed by atoms with E-state index in [1.54, 1.807) is 17.8 Å². The molecule has 1 atom stereocenters. The molecule has 0 radical (unpaired) electrons. The van der Waals surface area contributed by atoms with E-state index in [0.29, 0.717) is 10.8 Å². The summed E-state index contributed by atoms with van der Waals surface area (Å²) in [5.74, 6) is 1.35. The van der Waals surface area contributed by atoms with Crippen molar-refractivity contribution in [2.75, 3.05) is 5.75 Å². The van der Waals surface area contributed by atoms with Crippen LogP contribution in [0.5, 0.6) is 0 Å². The Morgan fingerprint density at radius 1 is 1.53 bits per heavy atom. The second-order valence-corrected chi connectivity index (χ2v) is 4.86. The van der Waals surface area contributed by atoms with Gasteiger partial charge in [-0.15, -0.1) is 0 Å². The first kappa shape index (κ1) is 12.8. The lowest BCUT2D eigenvalue weighted by molar-refractivity contribution is 0.626. The predicted molar refractivity (Wildman–Crippen MR) is 65.8 cm³/mol. The van der Waals surface area contributed by atoms with Gasteiger partial charge in [0.05, 0.1) is 0 Å². The van der Waals surface area contributed by atoms with Gasteiger partial charge < -0.3 is 5.73 Å². The van der Waals surface area contributed by atoms with Crippen LogP contribution >= 0.6 is 23.4 Å². The summed E-state index contributed by atoms with van der Waals surface area (Å²) in [6, 6.07) is 4.65. The van der Waals surface area contributed by atoms with Gasteiger partial charge in [-0.3, -0.25) is 0 Å². The molecule has 15 heavy (non-hydrogen) atoms. The third-order valence-corrected chi connectivity index (χ3v) is 3.67. The summed E-state index contributed by atoms with van der Waals surface area (Å²) >= 11 is 7.62. The Morgan fingerprint density at radius 3 is 2.93 bits per heavy atom. The predicted octanol–water partition coefficient (Wildman–Crippen LogP) is 3.45. The van der Waals surface area contributed by atoms with E-state index in [-0.39, 0.29) is 11.9 Å². The van der Waals surface area contributed by atoms with Crippen molar-refractivity contribution in [3.63, 3.8) is 0 Å². The second kappa shape index (κ2) is 6.36. The molecule has 2 N–H and O–H groups in total. The van der Waals surface area contributed by atoms with Crippen molar-refractivity contribution in [2.24, 2.45) is 5.73 Å². The second-order valence-electron chi connectivity index (χ2n) is 3.42. The molecule has 0 aliphatic heterocycles. The van der Waals surface area contributed by atoms with Gasteiger partial charge in [-0.05, 0) is 30.2 Å². The molecule has 4 heteroatoms. The normalized spacial score (nSPS) is 12.8. The molecule has 84 valence electrons. The molecule has 0 bridgehead atoms. The summed E-state index contributed by atoms with van der Waals surface area (Å²) in [4.78, 5) is 0. The van der Waals surface area contributed by atoms with E-state index < -0.39 is 0 Å². The maximum absolute atomic E-state index is 12.9. The Balaban J connectivity index is 2.46. The topological polar surface area (TPSA) is 26.0 Å². The fourth-order valence-electron chi connectivity index (χ4n) is 1.09. The molecule has 0 heterocycles. The van der Waals surface area contributed by atoms with Gasteiger partial charge in [0.25, 0.3) is 0 Å². The average molecular weight is 248 g/mol. The Labute approximate surface area is 99.2 Å². The molecule has 1 aromatic carbocycles. The van der Waals surface area contributed by atoms with Crippen LogP contribution in [0.3, 0.4) is 0 Å². The number of hydrogen-bond donors (Lipinski definition) is 1. The molecule has 1 aromatic rings. The van der Waals surface area contributed by atoms with Gasteiger partial charge in [-0.25, -0.2) is 4.39 Å². The molecule has 0 fully saturated rings. The quantitative estimate of drug-likeness (QED) is 0.863. The van der Waals surface area contributed by atoms with E-state index in [2.05, 4.69) is 6.92 Å². The van der Waals surface area contributed by atoms with Crippen LogP contribution in [0, 0.1) is 5.82 Å². The highest BCUT2D eigenvalue weighted by Gasteiger charge is 2.04. The minimum Gasteiger partial charge on any atom is -0.327 e. The molecule has 0 saturated carbocycles. The maximum Gasteiger partial charge on any atom is 0.123 e. The van der Waals surface area contributed by atoms with E-state index in [1.807, 2.05) is 0 Å². The van der Waals surface area contributed by atoms with Crippen LogP contribution in [0.25, 0.3) is 0 Å². The summed E-state index contributed by atoms with van der Waals surface area (Å²) in [7, 11) is 0. The third-order valence-electron chi connectivity index (χ3n) is 2.12. The number of rotatable bonds is 5. The van der Waals surface area contributed by atoms with Crippen LogP contribution in [0.2, 0.25) is 5.02 Å². The largest absolute Gasteiger partial charge is 0.327 e. The van der Waals surface area contributed by atoms with Crippen molar-refractivity contribution in [2.45, 2.75) is 25.1 Å². The minimum atomic E-state index is -0.241. The number of halogens is 2. The Morgan fingerprint density at radius 2 is 2.27 bits per heavy atom. The first-order chi connectivity index (χ1) is 7.13. The van der Waals surface area contributed by atoms with Crippen LogP contribution in [-0.2, 0) is 5.75 Å². The molecule has 1 nitrogen and oxygen atoms in total. The van der Waals surface area contributed by atoms with Crippen molar-refractivity contribution in [1.29, 1.82) is 0 Å². The highest BCUT2D eigenvalue weighted by Crippen LogP contribution is 2.22. The molecule has 1 unspecified atom stereocenters. The number of thioether (sulfide) groups is 1. The molecular weight excluding hydrogens is 233 g/mol. The van der Waals surface area contributed by atoms with Crippen LogP contribution in [0.15, 0.2) is 18.2 Å². The average Bonchev–Trinajstić information content (AvgIpc) is 2.23. The first-order valence-corrected chi connectivity index (χ1v) is 6.44. The van der Waals surface area contributed by atoms with Crippen LogP contribution in [0.4, 0.5) is 4.39 Å². The highest BCUT2D eigenvalue weighted by molar-refractivity contribution is 7.98. The van der Waals surface area contributed by atoms with Gasteiger partial charge in [-0.2, -0.15) is 11.8 Å². The molecule has 0 saturated heterocycles. The summed E-state index contributed by atoms with van der Waals surface area (Å²) in [5.41, 5.74) is 6.62. The lowest BCUT2D eigenvalue weighted by Crippen LogP contribution is -2.21. The van der Waals surface area contributed by atoms with Crippen LogP contribution in [0.1, 0.15) is 18.9 Å². The minimum absolute atomic E-state index is 0.210. The monoisotopic (exact) mass is 247 g/mol. The lowest BCUT2D eigenvalue weighted by Gasteiger charge is -2.08. The zero-order chi connectivity index (χ0) is 11.3. The zero-order valence-corrected chi connectivity index (χ0v) is 10.2. The Bertz CT molecular complexity index is 319. The number of nitrogens with two attached hydrogens (primary N) is 1. The summed E-state index contributed by atoms with van der Waals surface area (Å²) in [5, 5.41) is 0.619. The first-order valence-electron chi connectivity index (χ1n) is 4.90. The third kappa shape index (κ3) is 4.41. The number of hydrogen-bond acceptors (Lipinski definition) is 2. The van der Waals surface area contributed by atoms with Gasteiger partial charge in [-0.1, -0.05) is 18.5 Å². The maximum atomic E-state index is 12.9. The van der Waals surface area contributed by atoms with Crippen molar-refractivity contribution in [3.8, 4) is 0 Å². The van der Waals surface area contributed by atoms with Gasteiger partial charge in [0.15, 0.2) is 0 Å². The summed E-state index contributed by atoms with van der Waals surface area (Å²) in [6.07, 6.45) is 0.962. The van der Waals surface area contributed by atoms with Gasteiger partial charge in [0.2, 0.25) is 0 Å². The van der Waals surface area contributed by atoms with Crippen molar-refractivity contribution in [3.05, 3.63) is 34.6 Å². The van der Waals surface area contributed by atoms with E-state index in [9.17, 15) is 4.39 Å². The molecule has 0 amide bonds. The molecule has 0 aliphatic rings. The van der Waals surface area contributed by atoms with Crippen molar-refractivity contribution in [1.82, 2.24) is 0 Å². The molecular formula is C11H15ClFNS. The standard InChI is InChI=1S/C11H15ClFNS/c1-2-10(14)7-15-6-8-5-9(13)3-4-11(8)12/h3-5,10H,2,6-7,14H2,1H3. The molecule has 0 aliphatic carbocycles. The van der Waals surface area contributed by atoms with Gasteiger partial charge in [0, 0.05) is 22.6 Å². The van der Waals surface area contributed by atoms with Crippen molar-refractivity contribution < 1.29 is 4.39 Å². The smallest absolute Gasteiger partial charge is 0.123 e. The van der Waals surface area contributed by atoms with Gasteiger partial charge in [0.1, 0.15) is 5.82 Å². The van der Waals surface area contributed by atoms with Crippen molar-refractivity contribution >= 4 is 23.4 Å². The Hall–Kier alpha value is -0.250. The zero-order valence-electron chi connectivity index (χ0n) is 8.67. The van der Waals surface area contributed by atoms with E-state index >= 15 is 0 Å². The highest BCUT2D eigenvalue weighted by atomic mass is 35.5. The summed E-state index contributed by atoms with van der Waals surface area (Å²) in [6.45, 7) is 2.06. The Kier molecular flexibility index (Phi) is 5.43. The van der Waals surface area contributed by atoms with E-state index in [1.165, 1.54) is 12.1 Å². The number of benzene rings is 1. The van der Waals surface area contributed by atoms with Crippen LogP contribution in [-0.4, -0.2) is 11.8 Å². The fourth-order valence-corrected chi connectivity index (χ4v) is 2.47. The molecule has 0 spiro atoms.